The third-order valence-corrected chi connectivity index (χ3v) is 4.97. The number of nitrogens with zero attached hydrogens (tertiary/aromatic N) is 2. The standard InChI is InChI=1S/C19H28N4O/c24-19(20-14-13-15-7-3-1-4-8-15)17-11-12-18(23-22-17)21-16-9-5-2-6-10-16/h7,11-12,16H,1-6,8-10,13-14H2,(H,20,24)(H,21,23). The van der Waals surface area contributed by atoms with Gasteiger partial charge in [0.2, 0.25) is 0 Å². The van der Waals surface area contributed by atoms with Crippen molar-refractivity contribution in [3.8, 4) is 0 Å². The van der Waals surface area contributed by atoms with Gasteiger partial charge in [0.15, 0.2) is 5.69 Å². The molecule has 0 bridgehead atoms. The highest BCUT2D eigenvalue weighted by Gasteiger charge is 2.14. The normalized spacial score (nSPS) is 18.8. The summed E-state index contributed by atoms with van der Waals surface area (Å²) in [6, 6.07) is 4.12. The molecule has 1 fully saturated rings. The zero-order valence-electron chi connectivity index (χ0n) is 14.4. The second kappa shape index (κ2) is 8.81. The molecule has 1 aromatic rings. The van der Waals surface area contributed by atoms with Crippen LogP contribution in [0, 0.1) is 0 Å². The summed E-state index contributed by atoms with van der Waals surface area (Å²) < 4.78 is 0. The molecule has 5 nitrogen and oxygen atoms in total. The number of carbonyl (C=O) groups excluding carboxylic acids is 1. The van der Waals surface area contributed by atoms with Gasteiger partial charge in [0.25, 0.3) is 5.91 Å². The molecule has 2 aliphatic carbocycles. The first-order chi connectivity index (χ1) is 11.8. The van der Waals surface area contributed by atoms with Crippen LogP contribution in [-0.4, -0.2) is 28.7 Å². The van der Waals surface area contributed by atoms with Gasteiger partial charge < -0.3 is 10.6 Å². The quantitative estimate of drug-likeness (QED) is 0.779. The molecule has 24 heavy (non-hydrogen) atoms. The molecule has 0 aliphatic heterocycles. The Morgan fingerprint density at radius 1 is 1.08 bits per heavy atom. The number of allylic oxidation sites excluding steroid dienone is 1. The Labute approximate surface area is 144 Å². The van der Waals surface area contributed by atoms with Gasteiger partial charge in [-0.05, 0) is 57.1 Å². The third kappa shape index (κ3) is 5.05. The van der Waals surface area contributed by atoms with E-state index in [0.717, 1.165) is 12.2 Å². The lowest BCUT2D eigenvalue weighted by Crippen LogP contribution is -2.27. The molecule has 1 aromatic heterocycles. The maximum atomic E-state index is 12.1. The number of anilines is 1. The Hall–Kier alpha value is -1.91. The summed E-state index contributed by atoms with van der Waals surface area (Å²) in [5, 5.41) is 14.6. The fraction of sp³-hybridized carbons (Fsp3) is 0.632. The maximum Gasteiger partial charge on any atom is 0.271 e. The molecule has 1 heterocycles. The van der Waals surface area contributed by atoms with Gasteiger partial charge >= 0.3 is 0 Å². The van der Waals surface area contributed by atoms with Gasteiger partial charge in [0.05, 0.1) is 0 Å². The average molecular weight is 328 g/mol. The lowest BCUT2D eigenvalue weighted by molar-refractivity contribution is 0.0948. The number of nitrogens with one attached hydrogen (secondary N) is 2. The van der Waals surface area contributed by atoms with Crippen molar-refractivity contribution in [3.05, 3.63) is 29.5 Å². The van der Waals surface area contributed by atoms with Crippen molar-refractivity contribution in [1.82, 2.24) is 15.5 Å². The van der Waals surface area contributed by atoms with E-state index in [2.05, 4.69) is 26.9 Å². The van der Waals surface area contributed by atoms with Gasteiger partial charge in [-0.1, -0.05) is 30.9 Å². The summed E-state index contributed by atoms with van der Waals surface area (Å²) in [4.78, 5) is 12.1. The second-order valence-corrected chi connectivity index (χ2v) is 6.90. The van der Waals surface area contributed by atoms with E-state index in [1.54, 1.807) is 6.07 Å². The van der Waals surface area contributed by atoms with Crippen molar-refractivity contribution in [3.63, 3.8) is 0 Å². The highest BCUT2D eigenvalue weighted by Crippen LogP contribution is 2.21. The van der Waals surface area contributed by atoms with Crippen molar-refractivity contribution in [2.75, 3.05) is 11.9 Å². The number of rotatable bonds is 6. The van der Waals surface area contributed by atoms with Crippen LogP contribution in [0.25, 0.3) is 0 Å². The number of hydrogen-bond donors (Lipinski definition) is 2. The molecule has 0 spiro atoms. The van der Waals surface area contributed by atoms with Gasteiger partial charge in [0, 0.05) is 12.6 Å². The van der Waals surface area contributed by atoms with E-state index in [4.69, 9.17) is 0 Å². The first kappa shape index (κ1) is 16.9. The Morgan fingerprint density at radius 2 is 1.96 bits per heavy atom. The highest BCUT2D eigenvalue weighted by atomic mass is 16.1. The van der Waals surface area contributed by atoms with Crippen LogP contribution in [0.5, 0.6) is 0 Å². The zero-order chi connectivity index (χ0) is 16.6. The molecule has 0 radical (unpaired) electrons. The second-order valence-electron chi connectivity index (χ2n) is 6.90. The molecule has 2 aliphatic rings. The summed E-state index contributed by atoms with van der Waals surface area (Å²) in [5.74, 6) is 0.633. The molecule has 1 amide bonds. The fourth-order valence-electron chi connectivity index (χ4n) is 3.55. The van der Waals surface area contributed by atoms with E-state index in [-0.39, 0.29) is 5.91 Å². The average Bonchev–Trinajstić information content (AvgIpc) is 2.64. The summed E-state index contributed by atoms with van der Waals surface area (Å²) in [5.41, 5.74) is 1.86. The van der Waals surface area contributed by atoms with Gasteiger partial charge in [0.1, 0.15) is 5.82 Å². The van der Waals surface area contributed by atoms with E-state index in [9.17, 15) is 4.79 Å². The summed E-state index contributed by atoms with van der Waals surface area (Å²) >= 11 is 0. The van der Waals surface area contributed by atoms with Crippen LogP contribution < -0.4 is 10.6 Å². The molecular weight excluding hydrogens is 300 g/mol. The van der Waals surface area contributed by atoms with Crippen molar-refractivity contribution < 1.29 is 4.79 Å². The van der Waals surface area contributed by atoms with E-state index in [0.29, 0.717) is 18.3 Å². The van der Waals surface area contributed by atoms with Gasteiger partial charge in [-0.2, -0.15) is 0 Å². The van der Waals surface area contributed by atoms with Crippen LogP contribution in [0.4, 0.5) is 5.82 Å². The minimum Gasteiger partial charge on any atom is -0.366 e. The number of aromatic nitrogens is 2. The first-order valence-electron chi connectivity index (χ1n) is 9.37. The number of amides is 1. The first-order valence-corrected chi connectivity index (χ1v) is 9.37. The molecule has 2 N–H and O–H groups in total. The van der Waals surface area contributed by atoms with Crippen LogP contribution in [0.1, 0.15) is 74.7 Å². The third-order valence-electron chi connectivity index (χ3n) is 4.97. The summed E-state index contributed by atoms with van der Waals surface area (Å²) in [7, 11) is 0. The van der Waals surface area contributed by atoms with E-state index >= 15 is 0 Å². The van der Waals surface area contributed by atoms with Crippen molar-refractivity contribution in [1.29, 1.82) is 0 Å². The van der Waals surface area contributed by atoms with Crippen LogP contribution in [-0.2, 0) is 0 Å². The Morgan fingerprint density at radius 3 is 2.67 bits per heavy atom. The molecule has 5 heteroatoms. The molecule has 130 valence electrons. The summed E-state index contributed by atoms with van der Waals surface area (Å²) in [6.45, 7) is 0.675. The predicted octanol–water partition coefficient (Wildman–Crippen LogP) is 3.84. The van der Waals surface area contributed by atoms with Gasteiger partial charge in [-0.3, -0.25) is 4.79 Å². The van der Waals surface area contributed by atoms with Crippen LogP contribution in [0.2, 0.25) is 0 Å². The SMILES string of the molecule is O=C(NCCC1=CCCCC1)c1ccc(NC2CCCCC2)nn1. The summed E-state index contributed by atoms with van der Waals surface area (Å²) in [6.07, 6.45) is 14.5. The molecule has 0 aromatic carbocycles. The molecule has 0 saturated heterocycles. The minimum absolute atomic E-state index is 0.136. The van der Waals surface area contributed by atoms with Gasteiger partial charge in [-0.15, -0.1) is 10.2 Å². The van der Waals surface area contributed by atoms with Crippen LogP contribution in [0.3, 0.4) is 0 Å². The maximum absolute atomic E-state index is 12.1. The molecule has 0 unspecified atom stereocenters. The van der Waals surface area contributed by atoms with E-state index in [1.165, 1.54) is 63.4 Å². The fourth-order valence-corrected chi connectivity index (χ4v) is 3.55. The van der Waals surface area contributed by atoms with Crippen LogP contribution in [0.15, 0.2) is 23.8 Å². The molecule has 1 saturated carbocycles. The lowest BCUT2D eigenvalue weighted by atomic mass is 9.95. The molecule has 0 atom stereocenters. The Balaban J connectivity index is 1.43. The van der Waals surface area contributed by atoms with E-state index < -0.39 is 0 Å². The van der Waals surface area contributed by atoms with Crippen molar-refractivity contribution in [2.45, 2.75) is 70.3 Å². The zero-order valence-corrected chi connectivity index (χ0v) is 14.4. The lowest BCUT2D eigenvalue weighted by Gasteiger charge is -2.22. The predicted molar refractivity (Wildman–Crippen MR) is 96.0 cm³/mol. The smallest absolute Gasteiger partial charge is 0.271 e. The molecular formula is C19H28N4O. The van der Waals surface area contributed by atoms with Crippen LogP contribution >= 0.6 is 0 Å². The Bertz CT molecular complexity index is 561. The molecule has 3 rings (SSSR count). The highest BCUT2D eigenvalue weighted by molar-refractivity contribution is 5.92. The largest absolute Gasteiger partial charge is 0.366 e. The van der Waals surface area contributed by atoms with Gasteiger partial charge in [-0.25, -0.2) is 0 Å². The Kier molecular flexibility index (Phi) is 6.21. The minimum atomic E-state index is -0.136. The topological polar surface area (TPSA) is 66.9 Å². The monoisotopic (exact) mass is 328 g/mol. The van der Waals surface area contributed by atoms with Crippen molar-refractivity contribution in [2.24, 2.45) is 0 Å². The number of carbonyl (C=O) groups is 1. The number of hydrogen-bond acceptors (Lipinski definition) is 4. The van der Waals surface area contributed by atoms with Crippen molar-refractivity contribution >= 4 is 11.7 Å². The van der Waals surface area contributed by atoms with E-state index in [1.807, 2.05) is 6.07 Å².